The van der Waals surface area contributed by atoms with E-state index in [4.69, 9.17) is 33.9 Å². The van der Waals surface area contributed by atoms with E-state index < -0.39 is 20.8 Å². The smallest absolute Gasteiger partial charge is 0.272 e. The van der Waals surface area contributed by atoms with Crippen molar-refractivity contribution < 1.29 is 17.6 Å². The molecular formula is C12H8Cl3FN2O3S. The predicted molar refractivity (Wildman–Crippen MR) is 82.8 cm³/mol. The largest absolute Gasteiger partial charge is 0.345 e. The molecular weight excluding hydrogens is 378 g/mol. The first-order valence-electron chi connectivity index (χ1n) is 5.66. The molecule has 0 unspecified atom stereocenters. The van der Waals surface area contributed by atoms with Crippen LogP contribution in [0.1, 0.15) is 10.5 Å². The standard InChI is InChI=1S/C12H8Cl3FN2O3S/c1-18-5-7(22(15,20)21)4-10(18)12(19)17-6-2-8(13)11(16)9(14)3-6/h2-5H,1H3,(H,17,19). The van der Waals surface area contributed by atoms with Crippen LogP contribution >= 0.6 is 33.9 Å². The first-order chi connectivity index (χ1) is 10.1. The van der Waals surface area contributed by atoms with Crippen molar-refractivity contribution in [2.24, 2.45) is 7.05 Å². The summed E-state index contributed by atoms with van der Waals surface area (Å²) in [5.74, 6) is -1.43. The number of amides is 1. The highest BCUT2D eigenvalue weighted by Gasteiger charge is 2.19. The monoisotopic (exact) mass is 384 g/mol. The minimum atomic E-state index is -3.95. The zero-order chi connectivity index (χ0) is 16.7. The lowest BCUT2D eigenvalue weighted by Crippen LogP contribution is -2.15. The summed E-state index contributed by atoms with van der Waals surface area (Å²) in [6.07, 6.45) is 1.20. The lowest BCUT2D eigenvalue weighted by atomic mass is 10.3. The molecule has 0 aliphatic carbocycles. The fourth-order valence-corrected chi connectivity index (χ4v) is 2.99. The second kappa shape index (κ2) is 6.08. The third-order valence-corrected chi connectivity index (χ3v) is 4.61. The van der Waals surface area contributed by atoms with Gasteiger partial charge in [0.1, 0.15) is 10.6 Å². The molecule has 2 aromatic rings. The van der Waals surface area contributed by atoms with Crippen LogP contribution in [-0.4, -0.2) is 18.9 Å². The number of nitrogens with one attached hydrogen (secondary N) is 1. The van der Waals surface area contributed by atoms with Crippen molar-refractivity contribution in [2.75, 3.05) is 5.32 Å². The summed E-state index contributed by atoms with van der Waals surface area (Å²) in [5.41, 5.74) is 0.202. The van der Waals surface area contributed by atoms with Gasteiger partial charge in [0.25, 0.3) is 15.0 Å². The van der Waals surface area contributed by atoms with E-state index >= 15 is 0 Å². The summed E-state index contributed by atoms with van der Waals surface area (Å²) >= 11 is 11.3. The van der Waals surface area contributed by atoms with Gasteiger partial charge in [-0.15, -0.1) is 0 Å². The number of carbonyl (C=O) groups is 1. The van der Waals surface area contributed by atoms with Gasteiger partial charge in [0.15, 0.2) is 5.82 Å². The molecule has 1 amide bonds. The number of halogens is 4. The number of rotatable bonds is 3. The van der Waals surface area contributed by atoms with E-state index in [9.17, 15) is 17.6 Å². The Morgan fingerprint density at radius 3 is 2.23 bits per heavy atom. The number of hydrogen-bond acceptors (Lipinski definition) is 3. The van der Waals surface area contributed by atoms with Crippen LogP contribution in [0.25, 0.3) is 0 Å². The van der Waals surface area contributed by atoms with Gasteiger partial charge in [-0.1, -0.05) is 23.2 Å². The van der Waals surface area contributed by atoms with E-state index in [1.165, 1.54) is 29.9 Å². The van der Waals surface area contributed by atoms with E-state index in [2.05, 4.69) is 5.32 Å². The lowest BCUT2D eigenvalue weighted by Gasteiger charge is -2.07. The number of benzene rings is 1. The SMILES string of the molecule is Cn1cc(S(=O)(=O)Cl)cc1C(=O)Nc1cc(Cl)c(F)c(Cl)c1. The molecule has 1 heterocycles. The van der Waals surface area contributed by atoms with E-state index in [1.807, 2.05) is 0 Å². The minimum absolute atomic E-state index is 0.0378. The predicted octanol–water partition coefficient (Wildman–Crippen LogP) is 3.65. The molecule has 0 saturated carbocycles. The minimum Gasteiger partial charge on any atom is -0.345 e. The average Bonchev–Trinajstić information content (AvgIpc) is 2.78. The summed E-state index contributed by atoms with van der Waals surface area (Å²) in [5, 5.41) is 1.94. The van der Waals surface area contributed by atoms with Crippen LogP contribution in [0.5, 0.6) is 0 Å². The van der Waals surface area contributed by atoms with Crippen molar-refractivity contribution in [3.8, 4) is 0 Å². The van der Waals surface area contributed by atoms with Crippen LogP contribution in [0.15, 0.2) is 29.3 Å². The number of carbonyl (C=O) groups excluding carboxylic acids is 1. The highest BCUT2D eigenvalue weighted by molar-refractivity contribution is 8.13. The summed E-state index contributed by atoms with van der Waals surface area (Å²) in [4.78, 5) is 11.9. The van der Waals surface area contributed by atoms with Gasteiger partial charge in [-0.3, -0.25) is 4.79 Å². The first-order valence-corrected chi connectivity index (χ1v) is 8.73. The Hall–Kier alpha value is -1.28. The van der Waals surface area contributed by atoms with Crippen LogP contribution in [0.2, 0.25) is 10.0 Å². The molecule has 1 N–H and O–H groups in total. The van der Waals surface area contributed by atoms with Crippen molar-refractivity contribution >= 4 is 54.5 Å². The van der Waals surface area contributed by atoms with Crippen molar-refractivity contribution in [2.45, 2.75) is 4.90 Å². The molecule has 1 aromatic heterocycles. The van der Waals surface area contributed by atoms with E-state index in [0.29, 0.717) is 0 Å². The molecule has 0 aliphatic heterocycles. The Morgan fingerprint density at radius 2 is 1.77 bits per heavy atom. The maximum Gasteiger partial charge on any atom is 0.272 e. The fraction of sp³-hybridized carbons (Fsp3) is 0.0833. The Kier molecular flexibility index (Phi) is 4.72. The zero-order valence-electron chi connectivity index (χ0n) is 10.9. The van der Waals surface area contributed by atoms with Crippen LogP contribution in [-0.2, 0) is 16.1 Å². The number of aryl methyl sites for hydroxylation is 1. The maximum atomic E-state index is 13.3. The molecule has 5 nitrogen and oxygen atoms in total. The quantitative estimate of drug-likeness (QED) is 0.648. The first kappa shape index (κ1) is 17.1. The van der Waals surface area contributed by atoms with Crippen LogP contribution in [0.3, 0.4) is 0 Å². The Bertz CT molecular complexity index is 841. The van der Waals surface area contributed by atoms with Crippen LogP contribution in [0, 0.1) is 5.82 Å². The van der Waals surface area contributed by atoms with Gasteiger partial charge in [-0.05, 0) is 18.2 Å². The lowest BCUT2D eigenvalue weighted by molar-refractivity contribution is 0.101. The van der Waals surface area contributed by atoms with Crippen molar-refractivity contribution in [3.05, 3.63) is 46.0 Å². The third-order valence-electron chi connectivity index (χ3n) is 2.74. The Labute approximate surface area is 140 Å². The van der Waals surface area contributed by atoms with Gasteiger partial charge < -0.3 is 9.88 Å². The van der Waals surface area contributed by atoms with Crippen LogP contribution in [0.4, 0.5) is 10.1 Å². The van der Waals surface area contributed by atoms with Gasteiger partial charge in [0, 0.05) is 29.6 Å². The molecule has 0 saturated heterocycles. The van der Waals surface area contributed by atoms with Crippen LogP contribution < -0.4 is 5.32 Å². The summed E-state index contributed by atoms with van der Waals surface area (Å²) in [6, 6.07) is 3.48. The van der Waals surface area contributed by atoms with Gasteiger partial charge in [-0.25, -0.2) is 12.8 Å². The number of hydrogen-bond donors (Lipinski definition) is 1. The van der Waals surface area contributed by atoms with Crippen molar-refractivity contribution in [1.29, 1.82) is 0 Å². The normalized spacial score (nSPS) is 11.5. The molecule has 0 fully saturated rings. The van der Waals surface area contributed by atoms with Crippen molar-refractivity contribution in [3.63, 3.8) is 0 Å². The summed E-state index contributed by atoms with van der Waals surface area (Å²) < 4.78 is 37.1. The molecule has 22 heavy (non-hydrogen) atoms. The molecule has 118 valence electrons. The van der Waals surface area contributed by atoms with E-state index in [0.717, 1.165) is 6.07 Å². The highest BCUT2D eigenvalue weighted by Crippen LogP contribution is 2.28. The topological polar surface area (TPSA) is 68.2 Å². The molecule has 1 aromatic carbocycles. The number of nitrogens with zero attached hydrogens (tertiary/aromatic N) is 1. The molecule has 0 radical (unpaired) electrons. The average molecular weight is 386 g/mol. The number of aromatic nitrogens is 1. The molecule has 0 spiro atoms. The second-order valence-electron chi connectivity index (χ2n) is 4.32. The molecule has 2 rings (SSSR count). The maximum absolute atomic E-state index is 13.3. The molecule has 0 atom stereocenters. The van der Waals surface area contributed by atoms with E-state index in [-0.39, 0.29) is 26.3 Å². The highest BCUT2D eigenvalue weighted by atomic mass is 35.7. The van der Waals surface area contributed by atoms with E-state index in [1.54, 1.807) is 0 Å². The van der Waals surface area contributed by atoms with Gasteiger partial charge in [0.05, 0.1) is 10.0 Å². The second-order valence-corrected chi connectivity index (χ2v) is 7.70. The van der Waals surface area contributed by atoms with Gasteiger partial charge in [-0.2, -0.15) is 0 Å². The van der Waals surface area contributed by atoms with Crippen molar-refractivity contribution in [1.82, 2.24) is 4.57 Å². The molecule has 0 aliphatic rings. The summed E-state index contributed by atoms with van der Waals surface area (Å²) in [7, 11) is 2.75. The van der Waals surface area contributed by atoms with Gasteiger partial charge in [0.2, 0.25) is 0 Å². The summed E-state index contributed by atoms with van der Waals surface area (Å²) in [6.45, 7) is 0. The Balaban J connectivity index is 2.32. The fourth-order valence-electron chi connectivity index (χ4n) is 1.72. The number of anilines is 1. The van der Waals surface area contributed by atoms with Gasteiger partial charge >= 0.3 is 0 Å². The molecule has 10 heteroatoms. The third kappa shape index (κ3) is 3.55. The molecule has 0 bridgehead atoms. The zero-order valence-corrected chi connectivity index (χ0v) is 14.0. The Morgan fingerprint density at radius 1 is 1.23 bits per heavy atom.